The number of halogens is 2. The molecule has 2 aromatic carbocycles. The summed E-state index contributed by atoms with van der Waals surface area (Å²) in [6.07, 6.45) is 1.74. The number of carbonyl (C=O) groups is 1. The monoisotopic (exact) mass is 498 g/mol. The molecule has 1 aromatic heterocycles. The van der Waals surface area contributed by atoms with E-state index in [0.717, 1.165) is 43.5 Å². The normalized spacial score (nSPS) is 18.2. The molecule has 33 heavy (non-hydrogen) atoms. The van der Waals surface area contributed by atoms with Crippen LogP contribution in [-0.2, 0) is 11.3 Å². The molecule has 8 heteroatoms. The molecule has 1 amide bonds. The van der Waals surface area contributed by atoms with Gasteiger partial charge in [-0.15, -0.1) is 0 Å². The Kier molecular flexibility index (Phi) is 6.60. The van der Waals surface area contributed by atoms with Gasteiger partial charge in [-0.3, -0.25) is 4.79 Å². The number of nitrogens with one attached hydrogen (secondary N) is 1. The van der Waals surface area contributed by atoms with Crippen molar-refractivity contribution < 1.29 is 14.1 Å². The highest BCUT2D eigenvalue weighted by Gasteiger charge is 2.30. The maximum atomic E-state index is 12.5. The van der Waals surface area contributed by atoms with E-state index >= 15 is 0 Å². The van der Waals surface area contributed by atoms with Crippen molar-refractivity contribution in [3.05, 3.63) is 86.9 Å². The first kappa shape index (κ1) is 22.3. The van der Waals surface area contributed by atoms with Gasteiger partial charge in [0.05, 0.1) is 36.1 Å². The molecule has 3 aromatic rings. The van der Waals surface area contributed by atoms with Crippen LogP contribution >= 0.6 is 35.0 Å². The van der Waals surface area contributed by atoms with Gasteiger partial charge in [0.2, 0.25) is 0 Å². The van der Waals surface area contributed by atoms with E-state index in [4.69, 9.17) is 27.6 Å². The minimum Gasteiger partial charge on any atom is -0.457 e. The number of hydrogen-bond donors (Lipinski definition) is 1. The van der Waals surface area contributed by atoms with Gasteiger partial charge < -0.3 is 14.2 Å². The van der Waals surface area contributed by atoms with Crippen LogP contribution in [0.25, 0.3) is 17.4 Å². The number of rotatable bonds is 4. The summed E-state index contributed by atoms with van der Waals surface area (Å²) in [7, 11) is 0. The number of amides is 1. The molecule has 1 saturated heterocycles. The average molecular weight is 499 g/mol. The molecular weight excluding hydrogens is 477 g/mol. The third kappa shape index (κ3) is 5.20. The van der Waals surface area contributed by atoms with E-state index in [9.17, 15) is 4.79 Å². The fourth-order valence-electron chi connectivity index (χ4n) is 4.00. The summed E-state index contributed by atoms with van der Waals surface area (Å²) in [5, 5.41) is 1.86. The molecule has 1 N–H and O–H groups in total. The second-order valence-corrected chi connectivity index (χ2v) is 9.89. The van der Waals surface area contributed by atoms with Crippen LogP contribution < -0.4 is 4.90 Å². The molecule has 1 fully saturated rings. The Hall–Kier alpha value is -2.51. The molecule has 0 saturated carbocycles. The van der Waals surface area contributed by atoms with Crippen molar-refractivity contribution in [2.75, 3.05) is 26.2 Å². The van der Waals surface area contributed by atoms with Crippen LogP contribution in [-0.4, -0.2) is 42.2 Å². The Bertz CT molecular complexity index is 1230. The van der Waals surface area contributed by atoms with E-state index in [-0.39, 0.29) is 5.91 Å². The highest BCUT2D eigenvalue weighted by molar-refractivity contribution is 8.18. The lowest BCUT2D eigenvalue weighted by Gasteiger charge is -2.32. The molecular formula is C25H22Cl2N3O2S+. The van der Waals surface area contributed by atoms with Gasteiger partial charge in [-0.05, 0) is 42.1 Å². The zero-order valence-electron chi connectivity index (χ0n) is 17.8. The Morgan fingerprint density at radius 1 is 1.06 bits per heavy atom. The Morgan fingerprint density at radius 3 is 2.61 bits per heavy atom. The van der Waals surface area contributed by atoms with Crippen molar-refractivity contribution >= 4 is 52.1 Å². The number of aliphatic imine (C=N–C) groups is 1. The summed E-state index contributed by atoms with van der Waals surface area (Å²) in [4.78, 5) is 21.1. The first-order valence-corrected chi connectivity index (χ1v) is 12.3. The minimum absolute atomic E-state index is 0.225. The number of thioether (sulfide) groups is 1. The van der Waals surface area contributed by atoms with Crippen molar-refractivity contribution in [3.63, 3.8) is 0 Å². The number of hydrogen-bond acceptors (Lipinski definition) is 4. The average Bonchev–Trinajstić information content (AvgIpc) is 3.42. The van der Waals surface area contributed by atoms with Crippen LogP contribution in [0.5, 0.6) is 0 Å². The number of amidine groups is 1. The maximum Gasteiger partial charge on any atom is 0.286 e. The molecule has 3 heterocycles. The van der Waals surface area contributed by atoms with Crippen molar-refractivity contribution in [1.82, 2.24) is 4.90 Å². The summed E-state index contributed by atoms with van der Waals surface area (Å²) in [5.41, 5.74) is 2.11. The molecule has 5 rings (SSSR count). The smallest absolute Gasteiger partial charge is 0.286 e. The summed E-state index contributed by atoms with van der Waals surface area (Å²) < 4.78 is 5.91. The largest absolute Gasteiger partial charge is 0.457 e. The molecule has 0 bridgehead atoms. The van der Waals surface area contributed by atoms with Gasteiger partial charge in [0, 0.05) is 22.2 Å². The maximum absolute atomic E-state index is 12.5. The van der Waals surface area contributed by atoms with Crippen molar-refractivity contribution in [3.8, 4) is 11.3 Å². The number of quaternary nitrogens is 1. The topological polar surface area (TPSA) is 50.2 Å². The van der Waals surface area contributed by atoms with Crippen LogP contribution in [0.15, 0.2) is 75.0 Å². The van der Waals surface area contributed by atoms with E-state index in [1.54, 1.807) is 23.1 Å². The number of carbonyl (C=O) groups excluding carboxylic acids is 1. The van der Waals surface area contributed by atoms with Crippen molar-refractivity contribution in [2.24, 2.45) is 4.99 Å². The predicted molar refractivity (Wildman–Crippen MR) is 135 cm³/mol. The van der Waals surface area contributed by atoms with Gasteiger partial charge in [-0.25, -0.2) is 0 Å². The minimum atomic E-state index is -0.225. The van der Waals surface area contributed by atoms with Gasteiger partial charge >= 0.3 is 0 Å². The molecule has 0 unspecified atom stereocenters. The van der Waals surface area contributed by atoms with E-state index in [0.29, 0.717) is 26.5 Å². The lowest BCUT2D eigenvalue weighted by molar-refractivity contribution is -0.917. The summed E-state index contributed by atoms with van der Waals surface area (Å²) >= 11 is 13.7. The lowest BCUT2D eigenvalue weighted by atomic mass is 10.2. The Balaban J connectivity index is 1.21. The van der Waals surface area contributed by atoms with Crippen LogP contribution in [0.3, 0.4) is 0 Å². The number of benzene rings is 2. The van der Waals surface area contributed by atoms with E-state index in [2.05, 4.69) is 34.2 Å². The molecule has 0 aliphatic carbocycles. The fraction of sp³-hybridized carbons (Fsp3) is 0.200. The highest BCUT2D eigenvalue weighted by atomic mass is 35.5. The molecule has 168 valence electrons. The van der Waals surface area contributed by atoms with E-state index in [1.807, 2.05) is 24.3 Å². The molecule has 0 atom stereocenters. The van der Waals surface area contributed by atoms with Gasteiger partial charge in [0.15, 0.2) is 5.17 Å². The van der Waals surface area contributed by atoms with Crippen molar-refractivity contribution in [1.29, 1.82) is 0 Å². The third-order valence-corrected chi connectivity index (χ3v) is 7.34. The number of furan rings is 1. The van der Waals surface area contributed by atoms with Crippen molar-refractivity contribution in [2.45, 2.75) is 6.54 Å². The highest BCUT2D eigenvalue weighted by Crippen LogP contribution is 2.34. The van der Waals surface area contributed by atoms with E-state index < -0.39 is 0 Å². The first-order valence-electron chi connectivity index (χ1n) is 10.8. The lowest BCUT2D eigenvalue weighted by Crippen LogP contribution is -3.13. The summed E-state index contributed by atoms with van der Waals surface area (Å²) in [6.45, 7) is 4.83. The van der Waals surface area contributed by atoms with Crippen LogP contribution in [0.2, 0.25) is 10.0 Å². The second-order valence-electron chi connectivity index (χ2n) is 8.04. The fourth-order valence-corrected chi connectivity index (χ4v) is 5.45. The summed E-state index contributed by atoms with van der Waals surface area (Å²) in [6, 6.07) is 19.5. The predicted octanol–water partition coefficient (Wildman–Crippen LogP) is 4.62. The Morgan fingerprint density at radius 2 is 1.85 bits per heavy atom. The van der Waals surface area contributed by atoms with Gasteiger partial charge in [-0.2, -0.15) is 4.99 Å². The Labute approximate surface area is 206 Å². The van der Waals surface area contributed by atoms with E-state index in [1.165, 1.54) is 17.3 Å². The SMILES string of the molecule is O=C1N=C(N2CC[NH+](Cc3ccccc3)CC2)S/C1=C\c1ccc(-c2ccc(Cl)cc2Cl)o1. The van der Waals surface area contributed by atoms with Gasteiger partial charge in [-0.1, -0.05) is 53.5 Å². The summed E-state index contributed by atoms with van der Waals surface area (Å²) in [5.74, 6) is 0.981. The van der Waals surface area contributed by atoms with Gasteiger partial charge in [0.1, 0.15) is 18.1 Å². The molecule has 5 nitrogen and oxygen atoms in total. The zero-order valence-corrected chi connectivity index (χ0v) is 20.1. The molecule has 0 radical (unpaired) electrons. The molecule has 2 aliphatic rings. The van der Waals surface area contributed by atoms with Crippen LogP contribution in [0, 0.1) is 0 Å². The number of nitrogens with zero attached hydrogens (tertiary/aromatic N) is 2. The third-order valence-electron chi connectivity index (χ3n) is 5.74. The molecule has 0 spiro atoms. The van der Waals surface area contributed by atoms with Gasteiger partial charge in [0.25, 0.3) is 5.91 Å². The quantitative estimate of drug-likeness (QED) is 0.533. The zero-order chi connectivity index (χ0) is 22.8. The second kappa shape index (κ2) is 9.77. The van der Waals surface area contributed by atoms with Crippen LogP contribution in [0.4, 0.5) is 0 Å². The standard InChI is InChI=1S/C25H21Cl2N3O2S/c26-18-6-8-20(21(27)14-18)22-9-7-19(32-22)15-23-24(31)28-25(33-23)30-12-10-29(11-13-30)16-17-4-2-1-3-5-17/h1-9,14-15H,10-13,16H2/p+1/b23-15-. The number of piperazine rings is 1. The first-order chi connectivity index (χ1) is 16.0. The van der Waals surface area contributed by atoms with Crippen LogP contribution in [0.1, 0.15) is 11.3 Å². The molecule has 2 aliphatic heterocycles.